The van der Waals surface area contributed by atoms with Gasteiger partial charge >= 0.3 is 0 Å². The molecule has 0 aliphatic heterocycles. The van der Waals surface area contributed by atoms with E-state index in [-0.39, 0.29) is 12.6 Å². The van der Waals surface area contributed by atoms with Gasteiger partial charge in [0.05, 0.1) is 15.7 Å². The lowest BCUT2D eigenvalue weighted by Gasteiger charge is -2.09. The Bertz CT molecular complexity index is 960. The number of rotatable bonds is 6. The number of hydrogen-bond acceptors (Lipinski definition) is 4. The van der Waals surface area contributed by atoms with Crippen LogP contribution in [0.3, 0.4) is 0 Å². The number of nitrogens with zero attached hydrogens (tertiary/aromatic N) is 4. The predicted molar refractivity (Wildman–Crippen MR) is 103 cm³/mol. The summed E-state index contributed by atoms with van der Waals surface area (Å²) in [5, 5.41) is 12.2. The molecule has 27 heavy (non-hydrogen) atoms. The molecule has 0 bridgehead atoms. The smallest absolute Gasteiger partial charge is 0.272 e. The van der Waals surface area contributed by atoms with Crippen LogP contribution in [0.15, 0.2) is 30.5 Å². The molecule has 1 aromatic carbocycles. The lowest BCUT2D eigenvalue weighted by Crippen LogP contribution is -2.24. The van der Waals surface area contributed by atoms with Gasteiger partial charge in [-0.05, 0) is 32.0 Å². The number of carbonyl (C=O) groups excluding carboxylic acids is 1. The fourth-order valence-electron chi connectivity index (χ4n) is 2.64. The molecule has 0 aliphatic rings. The van der Waals surface area contributed by atoms with Crippen molar-refractivity contribution < 1.29 is 9.53 Å². The number of ether oxygens (including phenoxy) is 1. The Kier molecular flexibility index (Phi) is 5.72. The van der Waals surface area contributed by atoms with Gasteiger partial charge in [-0.2, -0.15) is 10.2 Å². The average molecular weight is 408 g/mol. The number of hydrogen-bond donors (Lipinski definition) is 1. The van der Waals surface area contributed by atoms with E-state index < -0.39 is 0 Å². The van der Waals surface area contributed by atoms with Crippen molar-refractivity contribution >= 4 is 29.1 Å². The van der Waals surface area contributed by atoms with Crippen LogP contribution in [0.5, 0.6) is 5.75 Å². The molecule has 0 saturated carbocycles. The number of amides is 1. The number of halogens is 2. The minimum atomic E-state index is -0.271. The summed E-state index contributed by atoms with van der Waals surface area (Å²) < 4.78 is 8.89. The third kappa shape index (κ3) is 4.26. The summed E-state index contributed by atoms with van der Waals surface area (Å²) in [5.41, 5.74) is 3.21. The predicted octanol–water partition coefficient (Wildman–Crippen LogP) is 3.51. The maximum Gasteiger partial charge on any atom is 0.272 e. The van der Waals surface area contributed by atoms with Crippen LogP contribution in [0.1, 0.15) is 27.4 Å². The molecule has 0 spiro atoms. The zero-order valence-corrected chi connectivity index (χ0v) is 16.7. The number of nitrogens with one attached hydrogen (secondary N) is 1. The SMILES string of the molecule is Cc1nn(C)c(C)c1CNC(=O)c1ccn(COc2c(Cl)cccc2Cl)n1. The summed E-state index contributed by atoms with van der Waals surface area (Å²) in [6, 6.07) is 6.73. The number of aryl methyl sites for hydroxylation is 2. The summed E-state index contributed by atoms with van der Waals surface area (Å²) in [6.45, 7) is 4.36. The topological polar surface area (TPSA) is 74.0 Å². The Labute approximate surface area is 166 Å². The fourth-order valence-corrected chi connectivity index (χ4v) is 3.14. The van der Waals surface area contributed by atoms with Crippen LogP contribution in [0, 0.1) is 13.8 Å². The number of para-hydroxylation sites is 1. The Hall–Kier alpha value is -2.51. The summed E-state index contributed by atoms with van der Waals surface area (Å²) in [6.07, 6.45) is 1.65. The summed E-state index contributed by atoms with van der Waals surface area (Å²) in [7, 11) is 1.88. The van der Waals surface area contributed by atoms with Crippen molar-refractivity contribution in [2.45, 2.75) is 27.1 Å². The van der Waals surface area contributed by atoms with E-state index in [1.54, 1.807) is 35.1 Å². The molecule has 0 atom stereocenters. The summed E-state index contributed by atoms with van der Waals surface area (Å²) >= 11 is 12.1. The van der Waals surface area contributed by atoms with Gasteiger partial charge in [0.25, 0.3) is 5.91 Å². The molecule has 7 nitrogen and oxygen atoms in total. The van der Waals surface area contributed by atoms with E-state index in [4.69, 9.17) is 27.9 Å². The third-order valence-electron chi connectivity index (χ3n) is 4.22. The van der Waals surface area contributed by atoms with Gasteiger partial charge in [-0.15, -0.1) is 0 Å². The minimum absolute atomic E-state index is 0.0809. The van der Waals surface area contributed by atoms with E-state index >= 15 is 0 Å². The monoisotopic (exact) mass is 407 g/mol. The Morgan fingerprint density at radius 2 is 1.89 bits per heavy atom. The van der Waals surface area contributed by atoms with E-state index in [0.29, 0.717) is 28.0 Å². The second kappa shape index (κ2) is 8.02. The highest BCUT2D eigenvalue weighted by molar-refractivity contribution is 6.37. The van der Waals surface area contributed by atoms with E-state index in [1.165, 1.54) is 4.68 Å². The molecule has 9 heteroatoms. The number of benzene rings is 1. The van der Waals surface area contributed by atoms with E-state index in [1.807, 2.05) is 20.9 Å². The van der Waals surface area contributed by atoms with Crippen molar-refractivity contribution in [1.29, 1.82) is 0 Å². The third-order valence-corrected chi connectivity index (χ3v) is 4.81. The fraction of sp³-hybridized carbons (Fsp3) is 0.278. The zero-order valence-electron chi connectivity index (χ0n) is 15.2. The van der Waals surface area contributed by atoms with Crippen molar-refractivity contribution in [3.8, 4) is 5.75 Å². The molecule has 0 unspecified atom stereocenters. The molecule has 3 rings (SSSR count). The molecular weight excluding hydrogens is 389 g/mol. The van der Waals surface area contributed by atoms with Gasteiger partial charge in [0.2, 0.25) is 0 Å². The second-order valence-corrected chi connectivity index (χ2v) is 6.83. The Morgan fingerprint density at radius 3 is 2.52 bits per heavy atom. The highest BCUT2D eigenvalue weighted by atomic mass is 35.5. The van der Waals surface area contributed by atoms with E-state index in [9.17, 15) is 4.79 Å². The van der Waals surface area contributed by atoms with Gasteiger partial charge in [0.15, 0.2) is 12.5 Å². The van der Waals surface area contributed by atoms with Crippen molar-refractivity contribution in [3.05, 3.63) is 63.2 Å². The molecule has 2 aromatic heterocycles. The largest absolute Gasteiger partial charge is 0.468 e. The van der Waals surface area contributed by atoms with Gasteiger partial charge in [-0.25, -0.2) is 4.68 Å². The molecular formula is C18H19Cl2N5O2. The normalized spacial score (nSPS) is 10.9. The van der Waals surface area contributed by atoms with Crippen molar-refractivity contribution in [3.63, 3.8) is 0 Å². The van der Waals surface area contributed by atoms with Crippen molar-refractivity contribution in [2.24, 2.45) is 7.05 Å². The lowest BCUT2D eigenvalue weighted by atomic mass is 10.2. The van der Waals surface area contributed by atoms with Crippen LogP contribution in [-0.4, -0.2) is 25.5 Å². The average Bonchev–Trinajstić information content (AvgIpc) is 3.18. The van der Waals surface area contributed by atoms with Gasteiger partial charge in [-0.1, -0.05) is 29.3 Å². The first-order valence-corrected chi connectivity index (χ1v) is 9.00. The standard InChI is InChI=1S/C18H19Cl2N5O2/c1-11-13(12(2)24(3)22-11)9-21-18(26)16-7-8-25(23-16)10-27-17-14(19)5-4-6-15(17)20/h4-8H,9-10H2,1-3H3,(H,21,26). The molecule has 2 heterocycles. The lowest BCUT2D eigenvalue weighted by molar-refractivity contribution is 0.0943. The van der Waals surface area contributed by atoms with Crippen LogP contribution < -0.4 is 10.1 Å². The van der Waals surface area contributed by atoms with Crippen LogP contribution in [0.25, 0.3) is 0 Å². The van der Waals surface area contributed by atoms with E-state index in [0.717, 1.165) is 17.0 Å². The maximum absolute atomic E-state index is 12.3. The van der Waals surface area contributed by atoms with Crippen molar-refractivity contribution in [2.75, 3.05) is 0 Å². The number of carbonyl (C=O) groups is 1. The molecule has 3 aromatic rings. The molecule has 1 N–H and O–H groups in total. The molecule has 0 fully saturated rings. The second-order valence-electron chi connectivity index (χ2n) is 6.02. The first kappa shape index (κ1) is 19.3. The van der Waals surface area contributed by atoms with Crippen LogP contribution >= 0.6 is 23.2 Å². The minimum Gasteiger partial charge on any atom is -0.468 e. The van der Waals surface area contributed by atoms with Gasteiger partial charge < -0.3 is 10.1 Å². The molecule has 1 amide bonds. The Balaban J connectivity index is 1.60. The summed E-state index contributed by atoms with van der Waals surface area (Å²) in [4.78, 5) is 12.3. The van der Waals surface area contributed by atoms with Crippen LogP contribution in [0.4, 0.5) is 0 Å². The molecule has 0 radical (unpaired) electrons. The first-order chi connectivity index (χ1) is 12.9. The summed E-state index contributed by atoms with van der Waals surface area (Å²) in [5.74, 6) is 0.108. The van der Waals surface area contributed by atoms with Gasteiger partial charge in [0, 0.05) is 31.0 Å². The Morgan fingerprint density at radius 1 is 1.19 bits per heavy atom. The first-order valence-electron chi connectivity index (χ1n) is 8.24. The van der Waals surface area contributed by atoms with Gasteiger partial charge in [-0.3, -0.25) is 9.48 Å². The molecule has 142 valence electrons. The van der Waals surface area contributed by atoms with Crippen LogP contribution in [-0.2, 0) is 20.3 Å². The quantitative estimate of drug-likeness (QED) is 0.678. The zero-order chi connectivity index (χ0) is 19.6. The number of aromatic nitrogens is 4. The van der Waals surface area contributed by atoms with Crippen molar-refractivity contribution in [1.82, 2.24) is 24.9 Å². The van der Waals surface area contributed by atoms with Crippen LogP contribution in [0.2, 0.25) is 10.0 Å². The van der Waals surface area contributed by atoms with Gasteiger partial charge in [0.1, 0.15) is 5.69 Å². The molecule has 0 saturated heterocycles. The highest BCUT2D eigenvalue weighted by Crippen LogP contribution is 2.32. The molecule has 0 aliphatic carbocycles. The maximum atomic E-state index is 12.3. The van der Waals surface area contributed by atoms with E-state index in [2.05, 4.69) is 15.5 Å². The highest BCUT2D eigenvalue weighted by Gasteiger charge is 2.14.